The number of nitrogens with one attached hydrogen (secondary N) is 1. The Bertz CT molecular complexity index is 138. The summed E-state index contributed by atoms with van der Waals surface area (Å²) in [7, 11) is 2.95. The predicted octanol–water partition coefficient (Wildman–Crippen LogP) is -1.35. The van der Waals surface area contributed by atoms with Gasteiger partial charge in [-0.3, -0.25) is 9.63 Å². The standard InChI is InChI=1S/C7H16N2O4/c1-11-3-4-13-9-7(10)6(5-8)12-2/h6H,3-5,8H2,1-2H3,(H,9,10). The first-order valence-electron chi connectivity index (χ1n) is 3.89. The molecule has 0 aliphatic carbocycles. The molecule has 0 aromatic rings. The van der Waals surface area contributed by atoms with Crippen LogP contribution < -0.4 is 11.2 Å². The van der Waals surface area contributed by atoms with Gasteiger partial charge in [-0.15, -0.1) is 0 Å². The Morgan fingerprint density at radius 3 is 2.62 bits per heavy atom. The third-order valence-electron chi connectivity index (χ3n) is 1.35. The number of ether oxygens (including phenoxy) is 2. The van der Waals surface area contributed by atoms with E-state index >= 15 is 0 Å². The first kappa shape index (κ1) is 12.3. The number of methoxy groups -OCH3 is 2. The molecule has 0 saturated heterocycles. The molecule has 0 saturated carbocycles. The number of hydrogen-bond acceptors (Lipinski definition) is 5. The Morgan fingerprint density at radius 1 is 1.46 bits per heavy atom. The number of rotatable bonds is 7. The molecule has 1 unspecified atom stereocenters. The number of carbonyl (C=O) groups is 1. The minimum Gasteiger partial charge on any atom is -0.382 e. The molecule has 0 spiro atoms. The lowest BCUT2D eigenvalue weighted by Crippen LogP contribution is -2.40. The Balaban J connectivity index is 3.48. The zero-order valence-electron chi connectivity index (χ0n) is 7.91. The van der Waals surface area contributed by atoms with Gasteiger partial charge >= 0.3 is 0 Å². The van der Waals surface area contributed by atoms with Crippen molar-refractivity contribution < 1.29 is 19.1 Å². The van der Waals surface area contributed by atoms with Crippen LogP contribution in [0.3, 0.4) is 0 Å². The highest BCUT2D eigenvalue weighted by Gasteiger charge is 2.14. The molecule has 6 nitrogen and oxygen atoms in total. The summed E-state index contributed by atoms with van der Waals surface area (Å²) in [5.74, 6) is -0.388. The van der Waals surface area contributed by atoms with E-state index in [0.29, 0.717) is 13.2 Å². The van der Waals surface area contributed by atoms with Crippen LogP contribution in [0.15, 0.2) is 0 Å². The summed E-state index contributed by atoms with van der Waals surface area (Å²) in [6.45, 7) is 0.833. The van der Waals surface area contributed by atoms with E-state index in [1.54, 1.807) is 7.11 Å². The second-order valence-electron chi connectivity index (χ2n) is 2.27. The maximum Gasteiger partial charge on any atom is 0.273 e. The lowest BCUT2D eigenvalue weighted by atomic mass is 10.3. The van der Waals surface area contributed by atoms with Crippen LogP contribution >= 0.6 is 0 Å². The highest BCUT2D eigenvalue weighted by molar-refractivity contribution is 5.79. The molecule has 0 fully saturated rings. The van der Waals surface area contributed by atoms with E-state index in [2.05, 4.69) is 5.48 Å². The highest BCUT2D eigenvalue weighted by Crippen LogP contribution is 1.86. The molecule has 78 valence electrons. The second-order valence-corrected chi connectivity index (χ2v) is 2.27. The molecule has 0 aliphatic heterocycles. The van der Waals surface area contributed by atoms with Crippen LogP contribution in [0.25, 0.3) is 0 Å². The smallest absolute Gasteiger partial charge is 0.273 e. The minimum atomic E-state index is -0.664. The molecule has 0 bridgehead atoms. The summed E-state index contributed by atoms with van der Waals surface area (Å²) in [4.78, 5) is 15.8. The molecule has 0 heterocycles. The maximum absolute atomic E-state index is 11.1. The van der Waals surface area contributed by atoms with Crippen molar-refractivity contribution in [3.63, 3.8) is 0 Å². The molecule has 0 radical (unpaired) electrons. The van der Waals surface area contributed by atoms with Gasteiger partial charge in [0.2, 0.25) is 0 Å². The highest BCUT2D eigenvalue weighted by atomic mass is 16.7. The number of amides is 1. The summed E-state index contributed by atoms with van der Waals surface area (Å²) < 4.78 is 9.47. The largest absolute Gasteiger partial charge is 0.382 e. The van der Waals surface area contributed by atoms with E-state index < -0.39 is 6.10 Å². The lowest BCUT2D eigenvalue weighted by Gasteiger charge is -2.12. The molecular formula is C7H16N2O4. The van der Waals surface area contributed by atoms with Gasteiger partial charge in [0.1, 0.15) is 6.10 Å². The van der Waals surface area contributed by atoms with Crippen molar-refractivity contribution in [3.05, 3.63) is 0 Å². The summed E-state index contributed by atoms with van der Waals surface area (Å²) >= 11 is 0. The third-order valence-corrected chi connectivity index (χ3v) is 1.35. The normalized spacial score (nSPS) is 12.5. The molecule has 1 atom stereocenters. The van der Waals surface area contributed by atoms with E-state index in [1.807, 2.05) is 0 Å². The zero-order chi connectivity index (χ0) is 10.1. The van der Waals surface area contributed by atoms with E-state index in [-0.39, 0.29) is 12.5 Å². The fourth-order valence-electron chi connectivity index (χ4n) is 0.623. The van der Waals surface area contributed by atoms with Crippen molar-refractivity contribution in [3.8, 4) is 0 Å². The number of hydrogen-bond donors (Lipinski definition) is 2. The van der Waals surface area contributed by atoms with Gasteiger partial charge in [-0.1, -0.05) is 0 Å². The van der Waals surface area contributed by atoms with Crippen LogP contribution in [0, 0.1) is 0 Å². The van der Waals surface area contributed by atoms with Crippen molar-refractivity contribution >= 4 is 5.91 Å². The molecule has 0 rings (SSSR count). The van der Waals surface area contributed by atoms with Gasteiger partial charge in [0, 0.05) is 20.8 Å². The number of carbonyl (C=O) groups excluding carboxylic acids is 1. The predicted molar refractivity (Wildman–Crippen MR) is 45.8 cm³/mol. The van der Waals surface area contributed by atoms with Gasteiger partial charge in [-0.2, -0.15) is 0 Å². The molecule has 0 aromatic heterocycles. The third kappa shape index (κ3) is 5.53. The Morgan fingerprint density at radius 2 is 2.15 bits per heavy atom. The first-order chi connectivity index (χ1) is 6.26. The summed E-state index contributed by atoms with van der Waals surface area (Å²) in [5, 5.41) is 0. The van der Waals surface area contributed by atoms with Crippen LogP contribution in [0.2, 0.25) is 0 Å². The topological polar surface area (TPSA) is 82.8 Å². The monoisotopic (exact) mass is 192 g/mol. The van der Waals surface area contributed by atoms with E-state index in [9.17, 15) is 4.79 Å². The molecule has 1 amide bonds. The molecular weight excluding hydrogens is 176 g/mol. The van der Waals surface area contributed by atoms with E-state index in [0.717, 1.165) is 0 Å². The molecule has 3 N–H and O–H groups in total. The molecule has 0 aliphatic rings. The van der Waals surface area contributed by atoms with E-state index in [1.165, 1.54) is 7.11 Å². The van der Waals surface area contributed by atoms with Crippen LogP contribution in [-0.4, -0.2) is 46.0 Å². The average molecular weight is 192 g/mol. The van der Waals surface area contributed by atoms with Gasteiger partial charge in [0.15, 0.2) is 0 Å². The number of nitrogens with two attached hydrogens (primary N) is 1. The first-order valence-corrected chi connectivity index (χ1v) is 3.89. The van der Waals surface area contributed by atoms with Crippen LogP contribution in [-0.2, 0) is 19.1 Å². The zero-order valence-corrected chi connectivity index (χ0v) is 7.91. The van der Waals surface area contributed by atoms with Crippen LogP contribution in [0.1, 0.15) is 0 Å². The van der Waals surface area contributed by atoms with Crippen molar-refractivity contribution in [2.24, 2.45) is 5.73 Å². The molecule has 6 heteroatoms. The second kappa shape index (κ2) is 7.93. The SMILES string of the molecule is COCCONC(=O)C(CN)OC. The summed E-state index contributed by atoms with van der Waals surface area (Å²) in [6.07, 6.45) is -0.664. The maximum atomic E-state index is 11.1. The Hall–Kier alpha value is -0.690. The van der Waals surface area contributed by atoms with Crippen molar-refractivity contribution in [1.29, 1.82) is 0 Å². The molecule has 13 heavy (non-hydrogen) atoms. The minimum absolute atomic E-state index is 0.121. The fraction of sp³-hybridized carbons (Fsp3) is 0.857. The average Bonchev–Trinajstić information content (AvgIpc) is 2.14. The van der Waals surface area contributed by atoms with Crippen LogP contribution in [0.4, 0.5) is 0 Å². The number of hydroxylamine groups is 1. The summed E-state index contributed by atoms with van der Waals surface area (Å²) in [6, 6.07) is 0. The van der Waals surface area contributed by atoms with Gasteiger partial charge in [-0.05, 0) is 0 Å². The van der Waals surface area contributed by atoms with Crippen molar-refractivity contribution in [2.75, 3.05) is 34.0 Å². The Labute approximate surface area is 77.3 Å². The van der Waals surface area contributed by atoms with Gasteiger partial charge in [0.05, 0.1) is 13.2 Å². The fourth-order valence-corrected chi connectivity index (χ4v) is 0.623. The van der Waals surface area contributed by atoms with Gasteiger partial charge in [-0.25, -0.2) is 5.48 Å². The van der Waals surface area contributed by atoms with Crippen molar-refractivity contribution in [2.45, 2.75) is 6.10 Å². The van der Waals surface area contributed by atoms with Crippen LogP contribution in [0.5, 0.6) is 0 Å². The quantitative estimate of drug-likeness (QED) is 0.385. The van der Waals surface area contributed by atoms with E-state index in [4.69, 9.17) is 20.0 Å². The Kier molecular flexibility index (Phi) is 7.51. The summed E-state index contributed by atoms with van der Waals surface area (Å²) in [5.41, 5.74) is 7.44. The van der Waals surface area contributed by atoms with Gasteiger partial charge in [0.25, 0.3) is 5.91 Å². The van der Waals surface area contributed by atoms with Gasteiger partial charge < -0.3 is 15.2 Å². The van der Waals surface area contributed by atoms with Crippen molar-refractivity contribution in [1.82, 2.24) is 5.48 Å². The lowest BCUT2D eigenvalue weighted by molar-refractivity contribution is -0.144. The molecule has 0 aromatic carbocycles.